The second-order valence-corrected chi connectivity index (χ2v) is 6.02. The van der Waals surface area contributed by atoms with Crippen LogP contribution in [0.25, 0.3) is 0 Å². The number of hydrogen-bond acceptors (Lipinski definition) is 4. The molecule has 1 aliphatic rings. The van der Waals surface area contributed by atoms with E-state index < -0.39 is 0 Å². The van der Waals surface area contributed by atoms with E-state index >= 15 is 0 Å². The van der Waals surface area contributed by atoms with Crippen molar-refractivity contribution in [2.75, 3.05) is 6.54 Å². The number of amides is 2. The van der Waals surface area contributed by atoms with E-state index in [2.05, 4.69) is 15.4 Å². The smallest absolute Gasteiger partial charge is 0.257 e. The first kappa shape index (κ1) is 16.2. The van der Waals surface area contributed by atoms with Crippen LogP contribution in [0.3, 0.4) is 0 Å². The Balaban J connectivity index is 1.79. The molecule has 1 saturated heterocycles. The molecule has 126 valence electrons. The third kappa shape index (κ3) is 3.45. The van der Waals surface area contributed by atoms with E-state index in [0.29, 0.717) is 12.1 Å². The molecule has 7 heteroatoms. The van der Waals surface area contributed by atoms with Crippen molar-refractivity contribution in [3.05, 3.63) is 47.5 Å². The maximum atomic E-state index is 12.7. The highest BCUT2D eigenvalue weighted by molar-refractivity contribution is 5.94. The number of hydrogen-bond donors (Lipinski definition) is 1. The van der Waals surface area contributed by atoms with Gasteiger partial charge in [0.25, 0.3) is 5.91 Å². The molecule has 2 amide bonds. The molecule has 1 atom stereocenters. The van der Waals surface area contributed by atoms with E-state index in [1.54, 1.807) is 24.1 Å². The third-order valence-corrected chi connectivity index (χ3v) is 4.15. The molecule has 0 radical (unpaired) electrons. The first-order chi connectivity index (χ1) is 11.5. The number of rotatable bonds is 4. The highest BCUT2D eigenvalue weighted by Gasteiger charge is 2.32. The summed E-state index contributed by atoms with van der Waals surface area (Å²) in [6.45, 7) is 2.59. The molecule has 1 aliphatic heterocycles. The van der Waals surface area contributed by atoms with Gasteiger partial charge in [0.1, 0.15) is 0 Å². The lowest BCUT2D eigenvalue weighted by Crippen LogP contribution is -2.31. The van der Waals surface area contributed by atoms with Gasteiger partial charge in [-0.15, -0.1) is 0 Å². The molecule has 1 fully saturated rings. The maximum absolute atomic E-state index is 12.7. The predicted octanol–water partition coefficient (Wildman–Crippen LogP) is 1.43. The zero-order chi connectivity index (χ0) is 17.1. The Bertz CT molecular complexity index is 755. The molecule has 1 N–H and O–H groups in total. The molecule has 3 heterocycles. The van der Waals surface area contributed by atoms with Crippen LogP contribution in [0.5, 0.6) is 0 Å². The van der Waals surface area contributed by atoms with Crippen molar-refractivity contribution < 1.29 is 9.59 Å². The van der Waals surface area contributed by atoms with Crippen LogP contribution in [0.4, 0.5) is 0 Å². The quantitative estimate of drug-likeness (QED) is 0.921. The molecule has 0 aromatic carbocycles. The van der Waals surface area contributed by atoms with Gasteiger partial charge in [0.2, 0.25) is 5.91 Å². The highest BCUT2D eigenvalue weighted by atomic mass is 16.2. The van der Waals surface area contributed by atoms with Crippen molar-refractivity contribution in [1.82, 2.24) is 25.0 Å². The van der Waals surface area contributed by atoms with E-state index in [0.717, 1.165) is 30.8 Å². The van der Waals surface area contributed by atoms with Crippen LogP contribution in [-0.4, -0.2) is 38.0 Å². The van der Waals surface area contributed by atoms with E-state index in [9.17, 15) is 9.59 Å². The van der Waals surface area contributed by atoms with Crippen LogP contribution >= 0.6 is 0 Å². The fourth-order valence-corrected chi connectivity index (χ4v) is 3.01. The normalized spacial score (nSPS) is 17.1. The topological polar surface area (TPSA) is 80.1 Å². The summed E-state index contributed by atoms with van der Waals surface area (Å²) in [5.74, 6) is -0.101. The van der Waals surface area contributed by atoms with E-state index in [1.807, 2.05) is 23.1 Å². The minimum Gasteiger partial charge on any atom is -0.351 e. The van der Waals surface area contributed by atoms with Gasteiger partial charge in [-0.2, -0.15) is 5.10 Å². The molecular formula is C17H21N5O2. The lowest BCUT2D eigenvalue weighted by atomic mass is 10.1. The highest BCUT2D eigenvalue weighted by Crippen LogP contribution is 2.32. The maximum Gasteiger partial charge on any atom is 0.257 e. The van der Waals surface area contributed by atoms with Crippen LogP contribution < -0.4 is 5.32 Å². The van der Waals surface area contributed by atoms with Crippen molar-refractivity contribution in [1.29, 1.82) is 0 Å². The van der Waals surface area contributed by atoms with Gasteiger partial charge in [0.05, 0.1) is 35.7 Å². The molecule has 2 aromatic rings. The Hall–Kier alpha value is -2.70. The van der Waals surface area contributed by atoms with Crippen molar-refractivity contribution in [3.63, 3.8) is 0 Å². The second-order valence-electron chi connectivity index (χ2n) is 6.02. The lowest BCUT2D eigenvalue weighted by molar-refractivity contribution is -0.119. The lowest BCUT2D eigenvalue weighted by Gasteiger charge is -2.24. The first-order valence-electron chi connectivity index (χ1n) is 8.04. The van der Waals surface area contributed by atoms with Crippen molar-refractivity contribution in [2.24, 2.45) is 7.05 Å². The average molecular weight is 327 g/mol. The minimum absolute atomic E-state index is 0.0142. The standard InChI is InChI=1S/C17H21N5O2/c1-12(23)18-10-14-5-3-6-15(20-14)16-7-4-8-22(16)17(24)13-9-19-21(2)11-13/h3,5-6,9,11,16H,4,7-8,10H2,1-2H3,(H,18,23). The third-order valence-electron chi connectivity index (χ3n) is 4.15. The summed E-state index contributed by atoms with van der Waals surface area (Å²) >= 11 is 0. The van der Waals surface area contributed by atoms with Crippen molar-refractivity contribution in [2.45, 2.75) is 32.4 Å². The number of carbonyl (C=O) groups is 2. The summed E-state index contributed by atoms with van der Waals surface area (Å²) in [5, 5.41) is 6.82. The van der Waals surface area contributed by atoms with E-state index in [4.69, 9.17) is 0 Å². The number of nitrogens with one attached hydrogen (secondary N) is 1. The predicted molar refractivity (Wildman–Crippen MR) is 88.0 cm³/mol. The summed E-state index contributed by atoms with van der Waals surface area (Å²) in [5.41, 5.74) is 2.26. The molecule has 0 aliphatic carbocycles. The molecular weight excluding hydrogens is 306 g/mol. The van der Waals surface area contributed by atoms with Gasteiger partial charge in [-0.3, -0.25) is 19.3 Å². The zero-order valence-electron chi connectivity index (χ0n) is 13.9. The summed E-state index contributed by atoms with van der Waals surface area (Å²) in [6.07, 6.45) is 5.17. The Morgan fingerprint density at radius 1 is 1.38 bits per heavy atom. The molecule has 24 heavy (non-hydrogen) atoms. The molecule has 0 spiro atoms. The first-order valence-corrected chi connectivity index (χ1v) is 8.04. The van der Waals surface area contributed by atoms with Gasteiger partial charge in [-0.25, -0.2) is 0 Å². The molecule has 0 saturated carbocycles. The zero-order valence-corrected chi connectivity index (χ0v) is 13.9. The molecule has 3 rings (SSSR count). The minimum atomic E-state index is -0.0866. The largest absolute Gasteiger partial charge is 0.351 e. The molecule has 1 unspecified atom stereocenters. The van der Waals surface area contributed by atoms with E-state index in [-0.39, 0.29) is 17.9 Å². The van der Waals surface area contributed by atoms with Gasteiger partial charge >= 0.3 is 0 Å². The Morgan fingerprint density at radius 3 is 2.92 bits per heavy atom. The van der Waals surface area contributed by atoms with E-state index in [1.165, 1.54) is 6.92 Å². The van der Waals surface area contributed by atoms with Gasteiger partial charge in [-0.05, 0) is 25.0 Å². The van der Waals surface area contributed by atoms with Crippen LogP contribution in [-0.2, 0) is 18.4 Å². The van der Waals surface area contributed by atoms with Crippen LogP contribution in [0, 0.1) is 0 Å². The van der Waals surface area contributed by atoms with Crippen molar-refractivity contribution in [3.8, 4) is 0 Å². The summed E-state index contributed by atoms with van der Waals surface area (Å²) in [6, 6.07) is 5.71. The van der Waals surface area contributed by atoms with Gasteiger partial charge in [0, 0.05) is 26.7 Å². The van der Waals surface area contributed by atoms with Gasteiger partial charge in [-0.1, -0.05) is 6.07 Å². The van der Waals surface area contributed by atoms with Crippen LogP contribution in [0.15, 0.2) is 30.6 Å². The second kappa shape index (κ2) is 6.82. The Labute approximate surface area is 140 Å². The SMILES string of the molecule is CC(=O)NCc1cccc(C2CCCN2C(=O)c2cnn(C)c2)n1. The van der Waals surface area contributed by atoms with Crippen molar-refractivity contribution >= 4 is 11.8 Å². The number of aromatic nitrogens is 3. The average Bonchev–Trinajstić information content (AvgIpc) is 3.21. The number of aryl methyl sites for hydroxylation is 1. The summed E-state index contributed by atoms with van der Waals surface area (Å²) in [7, 11) is 1.80. The van der Waals surface area contributed by atoms with Crippen LogP contribution in [0.1, 0.15) is 47.6 Å². The van der Waals surface area contributed by atoms with Gasteiger partial charge < -0.3 is 10.2 Å². The monoisotopic (exact) mass is 327 g/mol. The molecule has 2 aromatic heterocycles. The fourth-order valence-electron chi connectivity index (χ4n) is 3.01. The number of carbonyl (C=O) groups excluding carboxylic acids is 2. The Morgan fingerprint density at radius 2 is 2.21 bits per heavy atom. The number of nitrogens with zero attached hydrogens (tertiary/aromatic N) is 4. The Kier molecular flexibility index (Phi) is 4.59. The summed E-state index contributed by atoms with van der Waals surface area (Å²) < 4.78 is 1.63. The number of pyridine rings is 1. The molecule has 0 bridgehead atoms. The molecule has 7 nitrogen and oxygen atoms in total. The number of likely N-dealkylation sites (tertiary alicyclic amines) is 1. The fraction of sp³-hybridized carbons (Fsp3) is 0.412. The van der Waals surface area contributed by atoms with Gasteiger partial charge in [0.15, 0.2) is 0 Å². The van der Waals surface area contributed by atoms with Crippen LogP contribution in [0.2, 0.25) is 0 Å². The summed E-state index contributed by atoms with van der Waals surface area (Å²) in [4.78, 5) is 30.3.